The van der Waals surface area contributed by atoms with E-state index in [9.17, 15) is 19.2 Å². The van der Waals surface area contributed by atoms with Crippen LogP contribution in [0.1, 0.15) is 12.5 Å². The summed E-state index contributed by atoms with van der Waals surface area (Å²) in [6, 6.07) is 17.1. The number of nitrogens with zero attached hydrogens (tertiary/aromatic N) is 1. The van der Waals surface area contributed by atoms with Gasteiger partial charge in [-0.25, -0.2) is 4.39 Å². The number of anilines is 2. The zero-order chi connectivity index (χ0) is 26.1. The minimum atomic E-state index is -0.627. The summed E-state index contributed by atoms with van der Waals surface area (Å²) in [5, 5.41) is 15.1. The average Bonchev–Trinajstić information content (AvgIpc) is 2.85. The summed E-state index contributed by atoms with van der Waals surface area (Å²) in [4.78, 5) is 24.9. The molecule has 2 amide bonds. The Morgan fingerprint density at radius 2 is 1.83 bits per heavy atom. The first-order chi connectivity index (χ1) is 17.3. The number of hydrogen-bond acceptors (Lipinski definition) is 5. The van der Waals surface area contributed by atoms with Crippen LogP contribution in [-0.2, 0) is 9.59 Å². The Morgan fingerprint density at radius 3 is 2.50 bits per heavy atom. The van der Waals surface area contributed by atoms with Gasteiger partial charge in [-0.3, -0.25) is 9.59 Å². The maximum atomic E-state index is 13.0. The first-order valence-corrected chi connectivity index (χ1v) is 11.8. The molecule has 0 aliphatic rings. The molecular formula is C26H20BrClFN3O4. The Kier molecular flexibility index (Phi) is 9.45. The molecule has 3 rings (SSSR count). The quantitative estimate of drug-likeness (QED) is 0.235. The first-order valence-electron chi connectivity index (χ1n) is 10.6. The van der Waals surface area contributed by atoms with Crippen LogP contribution in [0.25, 0.3) is 6.08 Å². The Bertz CT molecular complexity index is 1340. The molecule has 0 aliphatic carbocycles. The second-order valence-electron chi connectivity index (χ2n) is 7.21. The molecule has 36 heavy (non-hydrogen) atoms. The number of amides is 2. The molecule has 0 bridgehead atoms. The van der Waals surface area contributed by atoms with Gasteiger partial charge < -0.3 is 20.1 Å². The van der Waals surface area contributed by atoms with E-state index in [-0.39, 0.29) is 17.9 Å². The Balaban J connectivity index is 1.77. The van der Waals surface area contributed by atoms with E-state index in [4.69, 9.17) is 21.1 Å². The number of rotatable bonds is 9. The highest BCUT2D eigenvalue weighted by Gasteiger charge is 2.16. The van der Waals surface area contributed by atoms with Crippen molar-refractivity contribution in [2.45, 2.75) is 6.92 Å². The van der Waals surface area contributed by atoms with E-state index in [0.717, 1.165) is 0 Å². The number of halogens is 3. The maximum Gasteiger partial charge on any atom is 0.266 e. The lowest BCUT2D eigenvalue weighted by molar-refractivity contribution is -0.118. The lowest BCUT2D eigenvalue weighted by Crippen LogP contribution is -2.20. The maximum absolute atomic E-state index is 13.0. The zero-order valence-corrected chi connectivity index (χ0v) is 21.3. The van der Waals surface area contributed by atoms with Gasteiger partial charge in [0.05, 0.1) is 21.8 Å². The van der Waals surface area contributed by atoms with Crippen molar-refractivity contribution in [1.29, 1.82) is 5.26 Å². The molecule has 2 N–H and O–H groups in total. The molecule has 0 unspecified atom stereocenters. The highest BCUT2D eigenvalue weighted by Crippen LogP contribution is 2.37. The Labute approximate surface area is 220 Å². The molecule has 7 nitrogen and oxygen atoms in total. The molecule has 0 saturated carbocycles. The molecule has 3 aromatic rings. The Hall–Kier alpha value is -3.87. The number of nitrogens with one attached hydrogen (secondary N) is 2. The lowest BCUT2D eigenvalue weighted by Gasteiger charge is -2.15. The van der Waals surface area contributed by atoms with Crippen LogP contribution in [0.4, 0.5) is 15.8 Å². The van der Waals surface area contributed by atoms with Gasteiger partial charge in [-0.05, 0) is 83.0 Å². The smallest absolute Gasteiger partial charge is 0.266 e. The normalized spacial score (nSPS) is 10.8. The predicted molar refractivity (Wildman–Crippen MR) is 140 cm³/mol. The number of para-hydroxylation sites is 1. The summed E-state index contributed by atoms with van der Waals surface area (Å²) >= 11 is 9.47. The van der Waals surface area contributed by atoms with E-state index < -0.39 is 17.6 Å². The van der Waals surface area contributed by atoms with Gasteiger partial charge in [-0.1, -0.05) is 23.7 Å². The summed E-state index contributed by atoms with van der Waals surface area (Å²) < 4.78 is 24.8. The summed E-state index contributed by atoms with van der Waals surface area (Å²) in [7, 11) is 0. The monoisotopic (exact) mass is 571 g/mol. The van der Waals surface area contributed by atoms with Crippen LogP contribution in [0.15, 0.2) is 70.7 Å². The molecule has 0 fully saturated rings. The average molecular weight is 573 g/mol. The van der Waals surface area contributed by atoms with E-state index in [2.05, 4.69) is 26.6 Å². The van der Waals surface area contributed by atoms with Crippen LogP contribution in [0, 0.1) is 17.1 Å². The second-order valence-corrected chi connectivity index (χ2v) is 8.47. The van der Waals surface area contributed by atoms with Gasteiger partial charge >= 0.3 is 0 Å². The highest BCUT2D eigenvalue weighted by molar-refractivity contribution is 9.10. The molecule has 10 heteroatoms. The van der Waals surface area contributed by atoms with Crippen molar-refractivity contribution in [3.63, 3.8) is 0 Å². The minimum absolute atomic E-state index is 0.156. The fourth-order valence-corrected chi connectivity index (χ4v) is 3.77. The lowest BCUT2D eigenvalue weighted by atomic mass is 10.1. The minimum Gasteiger partial charge on any atom is -0.490 e. The molecule has 0 aromatic heterocycles. The van der Waals surface area contributed by atoms with Crippen LogP contribution < -0.4 is 20.1 Å². The van der Waals surface area contributed by atoms with Gasteiger partial charge in [0.15, 0.2) is 18.1 Å². The molecule has 0 spiro atoms. The van der Waals surface area contributed by atoms with Gasteiger partial charge in [0.1, 0.15) is 17.5 Å². The summed E-state index contributed by atoms with van der Waals surface area (Å²) in [6.45, 7) is 1.74. The van der Waals surface area contributed by atoms with E-state index >= 15 is 0 Å². The van der Waals surface area contributed by atoms with Gasteiger partial charge in [-0.15, -0.1) is 0 Å². The standard InChI is InChI=1S/C26H20BrClFN3O4/c1-2-35-23-13-16(11-17(14-30)26(34)32-22-6-4-3-5-21(22)28)12-20(27)25(23)36-15-24(33)31-19-9-7-18(29)8-10-19/h3-13H,2,15H2,1H3,(H,31,33)(H,32,34)/b17-11+. The molecule has 0 aliphatic heterocycles. The fraction of sp³-hybridized carbons (Fsp3) is 0.115. The molecule has 0 saturated heterocycles. The number of nitriles is 1. The highest BCUT2D eigenvalue weighted by atomic mass is 79.9. The molecule has 3 aromatic carbocycles. The third-order valence-electron chi connectivity index (χ3n) is 4.61. The Morgan fingerprint density at radius 1 is 1.11 bits per heavy atom. The van der Waals surface area contributed by atoms with Crippen molar-refractivity contribution in [2.75, 3.05) is 23.8 Å². The molecule has 184 valence electrons. The van der Waals surface area contributed by atoms with Crippen LogP contribution in [0.2, 0.25) is 5.02 Å². The van der Waals surface area contributed by atoms with E-state index in [0.29, 0.717) is 38.8 Å². The molecule has 0 atom stereocenters. The number of hydrogen-bond donors (Lipinski definition) is 2. The van der Waals surface area contributed by atoms with Crippen molar-refractivity contribution in [2.24, 2.45) is 0 Å². The largest absolute Gasteiger partial charge is 0.490 e. The van der Waals surface area contributed by atoms with E-state index in [1.807, 2.05) is 6.07 Å². The summed E-state index contributed by atoms with van der Waals surface area (Å²) in [5.74, 6) is -0.927. The summed E-state index contributed by atoms with van der Waals surface area (Å²) in [6.07, 6.45) is 1.39. The summed E-state index contributed by atoms with van der Waals surface area (Å²) in [5.41, 5.74) is 1.13. The fourth-order valence-electron chi connectivity index (χ4n) is 3.01. The first kappa shape index (κ1) is 26.7. The third kappa shape index (κ3) is 7.31. The van der Waals surface area contributed by atoms with Crippen LogP contribution in [-0.4, -0.2) is 25.0 Å². The van der Waals surface area contributed by atoms with Crippen molar-refractivity contribution < 1.29 is 23.5 Å². The van der Waals surface area contributed by atoms with Crippen molar-refractivity contribution in [3.8, 4) is 17.6 Å². The molecule has 0 heterocycles. The predicted octanol–water partition coefficient (Wildman–Crippen LogP) is 6.20. The van der Waals surface area contributed by atoms with Crippen LogP contribution in [0.5, 0.6) is 11.5 Å². The van der Waals surface area contributed by atoms with Gasteiger partial charge in [0, 0.05) is 5.69 Å². The van der Waals surface area contributed by atoms with Crippen molar-refractivity contribution in [1.82, 2.24) is 0 Å². The van der Waals surface area contributed by atoms with Gasteiger partial charge in [0.25, 0.3) is 11.8 Å². The zero-order valence-electron chi connectivity index (χ0n) is 19.0. The molecule has 0 radical (unpaired) electrons. The third-order valence-corrected chi connectivity index (χ3v) is 5.52. The molecular weight excluding hydrogens is 553 g/mol. The van der Waals surface area contributed by atoms with Crippen LogP contribution >= 0.6 is 27.5 Å². The number of carbonyl (C=O) groups excluding carboxylic acids is 2. The second kappa shape index (κ2) is 12.7. The van der Waals surface area contributed by atoms with Gasteiger partial charge in [-0.2, -0.15) is 5.26 Å². The van der Waals surface area contributed by atoms with E-state index in [1.165, 1.54) is 30.3 Å². The van der Waals surface area contributed by atoms with Crippen molar-refractivity contribution in [3.05, 3.63) is 87.1 Å². The topological polar surface area (TPSA) is 100 Å². The number of carbonyl (C=O) groups is 2. The van der Waals surface area contributed by atoms with Crippen molar-refractivity contribution >= 4 is 56.8 Å². The number of ether oxygens (including phenoxy) is 2. The SMILES string of the molecule is CCOc1cc(/C=C(\C#N)C(=O)Nc2ccccc2Cl)cc(Br)c1OCC(=O)Nc1ccc(F)cc1. The van der Waals surface area contributed by atoms with Crippen LogP contribution in [0.3, 0.4) is 0 Å². The van der Waals surface area contributed by atoms with Gasteiger partial charge in [0.2, 0.25) is 0 Å². The number of benzene rings is 3. The van der Waals surface area contributed by atoms with E-state index in [1.54, 1.807) is 43.3 Å².